The molecule has 0 unspecified atom stereocenters. The van der Waals surface area contributed by atoms with E-state index in [1.54, 1.807) is 7.11 Å². The molecule has 1 aromatic heterocycles. The van der Waals surface area contributed by atoms with Crippen LogP contribution in [0.5, 0.6) is 5.75 Å². The third-order valence-electron chi connectivity index (χ3n) is 3.04. The molecule has 1 aromatic carbocycles. The third kappa shape index (κ3) is 4.86. The van der Waals surface area contributed by atoms with E-state index in [9.17, 15) is 0 Å². The summed E-state index contributed by atoms with van der Waals surface area (Å²) in [5, 5.41) is 3.35. The number of nitrogens with one attached hydrogen (secondary N) is 2. The molecule has 4 nitrogen and oxygen atoms in total. The zero-order valence-corrected chi connectivity index (χ0v) is 13.5. The number of benzene rings is 1. The first-order valence-electron chi connectivity index (χ1n) is 7.04. The summed E-state index contributed by atoms with van der Waals surface area (Å²) < 4.78 is 5.76. The van der Waals surface area contributed by atoms with Gasteiger partial charge in [0.15, 0.2) is 0 Å². The minimum absolute atomic E-state index is 0.542. The van der Waals surface area contributed by atoms with Gasteiger partial charge in [-0.05, 0) is 23.6 Å². The van der Waals surface area contributed by atoms with Crippen LogP contribution in [0.1, 0.15) is 25.2 Å². The van der Waals surface area contributed by atoms with Crippen LogP contribution in [-0.2, 0) is 13.0 Å². The Bertz CT molecular complexity index is 635. The molecule has 5 heteroatoms. The maximum atomic E-state index is 5.22. The molecule has 2 rings (SSSR count). The van der Waals surface area contributed by atoms with Crippen LogP contribution in [0.15, 0.2) is 30.3 Å². The zero-order valence-electron chi connectivity index (χ0n) is 12.6. The van der Waals surface area contributed by atoms with Gasteiger partial charge in [0, 0.05) is 19.0 Å². The van der Waals surface area contributed by atoms with E-state index in [2.05, 4.69) is 29.1 Å². The number of methoxy groups -OCH3 is 1. The lowest BCUT2D eigenvalue weighted by molar-refractivity contribution is 0.414. The lowest BCUT2D eigenvalue weighted by Gasteiger charge is -2.10. The molecule has 0 fully saturated rings. The van der Waals surface area contributed by atoms with Gasteiger partial charge in [0.2, 0.25) is 0 Å². The van der Waals surface area contributed by atoms with Crippen molar-refractivity contribution < 1.29 is 4.74 Å². The molecule has 0 spiro atoms. The minimum Gasteiger partial charge on any atom is -0.497 e. The van der Waals surface area contributed by atoms with Gasteiger partial charge in [-0.3, -0.25) is 0 Å². The van der Waals surface area contributed by atoms with E-state index in [1.807, 2.05) is 30.3 Å². The van der Waals surface area contributed by atoms with E-state index in [-0.39, 0.29) is 0 Å². The Morgan fingerprint density at radius 3 is 2.62 bits per heavy atom. The number of nitrogens with zero attached hydrogens (tertiary/aromatic N) is 1. The van der Waals surface area contributed by atoms with Crippen LogP contribution in [-0.4, -0.2) is 17.1 Å². The Balaban J connectivity index is 2.04. The summed E-state index contributed by atoms with van der Waals surface area (Å²) >= 11 is 5.22. The molecule has 2 N–H and O–H groups in total. The van der Waals surface area contributed by atoms with Crippen molar-refractivity contribution in [3.05, 3.63) is 46.4 Å². The summed E-state index contributed by atoms with van der Waals surface area (Å²) in [5.74, 6) is 3.23. The predicted molar refractivity (Wildman–Crippen MR) is 88.3 cm³/mol. The molecular weight excluding hydrogens is 282 g/mol. The van der Waals surface area contributed by atoms with Gasteiger partial charge in [-0.2, -0.15) is 0 Å². The van der Waals surface area contributed by atoms with Gasteiger partial charge in [0.25, 0.3) is 0 Å². The van der Waals surface area contributed by atoms with Crippen molar-refractivity contribution in [3.63, 3.8) is 0 Å². The topological polar surface area (TPSA) is 49.9 Å². The molecule has 2 aromatic rings. The molecular formula is C16H21N3OS. The summed E-state index contributed by atoms with van der Waals surface area (Å²) in [6, 6.07) is 9.84. The number of aromatic amines is 1. The van der Waals surface area contributed by atoms with Crippen LogP contribution in [0.4, 0.5) is 5.82 Å². The van der Waals surface area contributed by atoms with Crippen LogP contribution in [0.3, 0.4) is 0 Å². The van der Waals surface area contributed by atoms with E-state index in [0.29, 0.717) is 10.6 Å². The fraction of sp³-hybridized carbons (Fsp3) is 0.375. The molecule has 0 saturated carbocycles. The summed E-state index contributed by atoms with van der Waals surface area (Å²) in [4.78, 5) is 7.65. The average Bonchev–Trinajstić information content (AvgIpc) is 2.44. The van der Waals surface area contributed by atoms with Gasteiger partial charge < -0.3 is 15.0 Å². The van der Waals surface area contributed by atoms with E-state index in [0.717, 1.165) is 30.4 Å². The van der Waals surface area contributed by atoms with Crippen molar-refractivity contribution in [2.75, 3.05) is 12.4 Å². The van der Waals surface area contributed by atoms with Crippen molar-refractivity contribution in [2.24, 2.45) is 5.92 Å². The Hall–Kier alpha value is -1.88. The van der Waals surface area contributed by atoms with E-state index in [4.69, 9.17) is 17.0 Å². The number of aromatic nitrogens is 2. The normalized spacial score (nSPS) is 10.7. The highest BCUT2D eigenvalue weighted by molar-refractivity contribution is 7.71. The summed E-state index contributed by atoms with van der Waals surface area (Å²) in [6.07, 6.45) is 0.891. The first-order valence-corrected chi connectivity index (χ1v) is 7.44. The SMILES string of the molecule is COc1ccc(CNc2cc(=S)nc(CC(C)C)[nH]2)cc1. The maximum absolute atomic E-state index is 5.22. The molecule has 0 saturated heterocycles. The van der Waals surface area contributed by atoms with Crippen molar-refractivity contribution in [2.45, 2.75) is 26.8 Å². The third-order valence-corrected chi connectivity index (χ3v) is 3.24. The van der Waals surface area contributed by atoms with Crippen molar-refractivity contribution in [3.8, 4) is 5.75 Å². The summed E-state index contributed by atoms with van der Waals surface area (Å²) in [5.41, 5.74) is 1.18. The van der Waals surface area contributed by atoms with Crippen molar-refractivity contribution in [1.82, 2.24) is 9.97 Å². The van der Waals surface area contributed by atoms with E-state index < -0.39 is 0 Å². The minimum atomic E-state index is 0.542. The van der Waals surface area contributed by atoms with Crippen LogP contribution in [0.25, 0.3) is 0 Å². The van der Waals surface area contributed by atoms with Gasteiger partial charge in [0.05, 0.1) is 7.11 Å². The second kappa shape index (κ2) is 7.22. The maximum Gasteiger partial charge on any atom is 0.131 e. The van der Waals surface area contributed by atoms with Crippen LogP contribution < -0.4 is 10.1 Å². The molecule has 0 atom stereocenters. The monoisotopic (exact) mass is 303 g/mol. The quantitative estimate of drug-likeness (QED) is 0.793. The van der Waals surface area contributed by atoms with Crippen molar-refractivity contribution >= 4 is 18.0 Å². The van der Waals surface area contributed by atoms with Crippen LogP contribution >= 0.6 is 12.2 Å². The number of hydrogen-bond acceptors (Lipinski definition) is 4. The van der Waals surface area contributed by atoms with Gasteiger partial charge in [-0.25, -0.2) is 4.98 Å². The molecule has 112 valence electrons. The standard InChI is InChI=1S/C16H21N3OS/c1-11(2)8-15-18-14(9-16(21)19-15)17-10-12-4-6-13(20-3)7-5-12/h4-7,9,11H,8,10H2,1-3H3,(H2,17,18,19,21). The van der Waals surface area contributed by atoms with Gasteiger partial charge in [0.1, 0.15) is 22.0 Å². The molecule has 21 heavy (non-hydrogen) atoms. The zero-order chi connectivity index (χ0) is 15.2. The fourth-order valence-corrected chi connectivity index (χ4v) is 2.26. The molecule has 0 amide bonds. The van der Waals surface area contributed by atoms with Gasteiger partial charge in [-0.15, -0.1) is 0 Å². The van der Waals surface area contributed by atoms with Crippen molar-refractivity contribution in [1.29, 1.82) is 0 Å². The second-order valence-electron chi connectivity index (χ2n) is 5.38. The molecule has 0 aliphatic carbocycles. The summed E-state index contributed by atoms with van der Waals surface area (Å²) in [6.45, 7) is 5.05. The number of H-pyrrole nitrogens is 1. The molecule has 0 radical (unpaired) electrons. The Labute approximate surface area is 130 Å². The highest BCUT2D eigenvalue weighted by Crippen LogP contribution is 2.13. The second-order valence-corrected chi connectivity index (χ2v) is 5.80. The first kappa shape index (κ1) is 15.5. The highest BCUT2D eigenvalue weighted by Gasteiger charge is 2.02. The van der Waals surface area contributed by atoms with Crippen LogP contribution in [0.2, 0.25) is 0 Å². The number of hydrogen-bond donors (Lipinski definition) is 2. The number of rotatable bonds is 6. The predicted octanol–water partition coefficient (Wildman–Crippen LogP) is 3.96. The number of anilines is 1. The van der Waals surface area contributed by atoms with E-state index >= 15 is 0 Å². The van der Waals surface area contributed by atoms with E-state index in [1.165, 1.54) is 5.56 Å². The van der Waals surface area contributed by atoms with Gasteiger partial charge >= 0.3 is 0 Å². The Morgan fingerprint density at radius 2 is 2.00 bits per heavy atom. The smallest absolute Gasteiger partial charge is 0.131 e. The van der Waals surface area contributed by atoms with Gasteiger partial charge in [-0.1, -0.05) is 38.2 Å². The highest BCUT2D eigenvalue weighted by atomic mass is 32.1. The molecule has 0 aliphatic heterocycles. The first-order chi connectivity index (χ1) is 10.1. The molecule has 0 aliphatic rings. The molecule has 0 bridgehead atoms. The lowest BCUT2D eigenvalue weighted by Crippen LogP contribution is -2.06. The summed E-state index contributed by atoms with van der Waals surface area (Å²) in [7, 11) is 1.67. The fourth-order valence-electron chi connectivity index (χ4n) is 2.03. The largest absolute Gasteiger partial charge is 0.497 e. The lowest BCUT2D eigenvalue weighted by atomic mass is 10.1. The Kier molecular flexibility index (Phi) is 5.33. The molecule has 1 heterocycles. The Morgan fingerprint density at radius 1 is 1.29 bits per heavy atom. The number of ether oxygens (including phenoxy) is 1. The van der Waals surface area contributed by atoms with Crippen LogP contribution in [0, 0.1) is 10.6 Å². The average molecular weight is 303 g/mol.